The second-order valence-corrected chi connectivity index (χ2v) is 8.52. The molecule has 1 aromatic heterocycles. The number of fused-ring (bicyclic) bond motifs is 1. The molecule has 0 saturated heterocycles. The van der Waals surface area contributed by atoms with Gasteiger partial charge < -0.3 is 5.32 Å². The van der Waals surface area contributed by atoms with Crippen molar-refractivity contribution < 1.29 is 9.00 Å². The molecule has 4 rings (SSSR count). The zero-order chi connectivity index (χ0) is 20.9. The summed E-state index contributed by atoms with van der Waals surface area (Å²) in [4.78, 5) is 18.2. The number of nitrogens with zero attached hydrogens (tertiary/aromatic N) is 1. The summed E-state index contributed by atoms with van der Waals surface area (Å²) in [6, 6.07) is 27.1. The molecule has 3 aromatic carbocycles. The highest BCUT2D eigenvalue weighted by molar-refractivity contribution is 7.83. The van der Waals surface area contributed by atoms with E-state index in [1.54, 1.807) is 6.26 Å². The average Bonchev–Trinajstić information content (AvgIpc) is 2.78. The topological polar surface area (TPSA) is 59.1 Å². The van der Waals surface area contributed by atoms with Gasteiger partial charge in [-0.15, -0.1) is 0 Å². The van der Waals surface area contributed by atoms with E-state index in [9.17, 15) is 9.00 Å². The number of para-hydroxylation sites is 1. The maximum absolute atomic E-state index is 13.4. The van der Waals surface area contributed by atoms with Crippen molar-refractivity contribution in [3.8, 4) is 11.3 Å². The van der Waals surface area contributed by atoms with Crippen LogP contribution in [-0.4, -0.2) is 21.4 Å². The SMILES string of the molecule is CS(=O)Cc1c(-c2ccccc2)nc2ccccc2c1C(=O)NCc1ccccc1. The second kappa shape index (κ2) is 9.01. The molecule has 4 aromatic rings. The van der Waals surface area contributed by atoms with Gasteiger partial charge in [-0.3, -0.25) is 9.00 Å². The van der Waals surface area contributed by atoms with Crippen molar-refractivity contribution in [2.24, 2.45) is 0 Å². The lowest BCUT2D eigenvalue weighted by Gasteiger charge is -2.17. The third-order valence-corrected chi connectivity index (χ3v) is 5.61. The van der Waals surface area contributed by atoms with E-state index in [2.05, 4.69) is 5.32 Å². The van der Waals surface area contributed by atoms with Crippen molar-refractivity contribution in [1.29, 1.82) is 0 Å². The van der Waals surface area contributed by atoms with Crippen LogP contribution in [0.25, 0.3) is 22.2 Å². The van der Waals surface area contributed by atoms with E-state index in [0.717, 1.165) is 22.0 Å². The zero-order valence-electron chi connectivity index (χ0n) is 16.7. The van der Waals surface area contributed by atoms with Crippen molar-refractivity contribution >= 4 is 27.6 Å². The van der Waals surface area contributed by atoms with Crippen LogP contribution in [0.4, 0.5) is 0 Å². The Hall–Kier alpha value is -3.31. The Kier molecular flexibility index (Phi) is 6.00. The lowest BCUT2D eigenvalue weighted by Crippen LogP contribution is -2.25. The van der Waals surface area contributed by atoms with E-state index in [1.807, 2.05) is 84.9 Å². The molecule has 0 saturated carbocycles. The van der Waals surface area contributed by atoms with E-state index in [1.165, 1.54) is 0 Å². The fraction of sp³-hybridized carbons (Fsp3) is 0.120. The van der Waals surface area contributed by atoms with Gasteiger partial charge in [0, 0.05) is 40.1 Å². The minimum atomic E-state index is -1.13. The number of rotatable bonds is 6. The first-order chi connectivity index (χ1) is 14.6. The highest BCUT2D eigenvalue weighted by atomic mass is 32.2. The van der Waals surface area contributed by atoms with Crippen LogP contribution >= 0.6 is 0 Å². The number of carbonyl (C=O) groups is 1. The second-order valence-electron chi connectivity index (χ2n) is 7.08. The summed E-state index contributed by atoms with van der Waals surface area (Å²) in [6.07, 6.45) is 1.65. The van der Waals surface area contributed by atoms with E-state index in [4.69, 9.17) is 4.98 Å². The van der Waals surface area contributed by atoms with Gasteiger partial charge in [0.05, 0.1) is 22.5 Å². The molecule has 150 valence electrons. The summed E-state index contributed by atoms with van der Waals surface area (Å²) in [5.41, 5.74) is 4.63. The molecule has 0 aliphatic rings. The molecule has 1 unspecified atom stereocenters. The van der Waals surface area contributed by atoms with Crippen molar-refractivity contribution in [2.45, 2.75) is 12.3 Å². The fourth-order valence-electron chi connectivity index (χ4n) is 3.56. The van der Waals surface area contributed by atoms with Gasteiger partial charge >= 0.3 is 0 Å². The van der Waals surface area contributed by atoms with Gasteiger partial charge in [-0.25, -0.2) is 4.98 Å². The number of hydrogen-bond acceptors (Lipinski definition) is 3. The van der Waals surface area contributed by atoms with E-state index >= 15 is 0 Å². The molecule has 4 nitrogen and oxygen atoms in total. The molecular formula is C25H22N2O2S. The Morgan fingerprint density at radius 3 is 2.23 bits per heavy atom. The molecule has 30 heavy (non-hydrogen) atoms. The number of pyridine rings is 1. The monoisotopic (exact) mass is 414 g/mol. The van der Waals surface area contributed by atoms with E-state index in [-0.39, 0.29) is 11.7 Å². The summed E-state index contributed by atoms with van der Waals surface area (Å²) in [5.74, 6) is 0.0750. The summed E-state index contributed by atoms with van der Waals surface area (Å²) in [6.45, 7) is 0.422. The maximum Gasteiger partial charge on any atom is 0.252 e. The van der Waals surface area contributed by atoms with Gasteiger partial charge in [-0.1, -0.05) is 78.9 Å². The molecule has 0 radical (unpaired) electrons. The standard InChI is InChI=1S/C25H22N2O2S/c1-30(29)17-21-23(25(28)26-16-18-10-4-2-5-11-18)20-14-8-9-15-22(20)27-24(21)19-12-6-3-7-13-19/h2-15H,16-17H2,1H3,(H,26,28). The number of carbonyl (C=O) groups excluding carboxylic acids is 1. The number of benzene rings is 3. The Morgan fingerprint density at radius 2 is 1.53 bits per heavy atom. The molecule has 0 aliphatic heterocycles. The quantitative estimate of drug-likeness (QED) is 0.497. The minimum absolute atomic E-state index is 0.185. The van der Waals surface area contributed by atoms with Crippen molar-refractivity contribution in [2.75, 3.05) is 6.26 Å². The van der Waals surface area contributed by atoms with Crippen LogP contribution in [0.2, 0.25) is 0 Å². The predicted octanol–water partition coefficient (Wildman–Crippen LogP) is 4.71. The van der Waals surface area contributed by atoms with Crippen LogP contribution in [-0.2, 0) is 23.1 Å². The number of hydrogen-bond donors (Lipinski definition) is 1. The third kappa shape index (κ3) is 4.31. The Bertz CT molecular complexity index is 1210. The normalized spacial score (nSPS) is 11.9. The molecular weight excluding hydrogens is 392 g/mol. The van der Waals surface area contributed by atoms with Crippen molar-refractivity contribution in [3.63, 3.8) is 0 Å². The van der Waals surface area contributed by atoms with Gasteiger partial charge in [-0.05, 0) is 11.6 Å². The van der Waals surface area contributed by atoms with Crippen LogP contribution in [0, 0.1) is 0 Å². The number of amides is 1. The molecule has 1 N–H and O–H groups in total. The average molecular weight is 415 g/mol. The first-order valence-corrected chi connectivity index (χ1v) is 11.5. The molecule has 1 atom stereocenters. The fourth-order valence-corrected chi connectivity index (χ4v) is 4.24. The molecule has 1 amide bonds. The third-order valence-electron chi connectivity index (χ3n) is 4.91. The highest BCUT2D eigenvalue weighted by Gasteiger charge is 2.22. The van der Waals surface area contributed by atoms with E-state index < -0.39 is 10.8 Å². The lowest BCUT2D eigenvalue weighted by molar-refractivity contribution is 0.0952. The van der Waals surface area contributed by atoms with Gasteiger partial charge in [0.2, 0.25) is 0 Å². The Balaban J connectivity index is 1.87. The largest absolute Gasteiger partial charge is 0.348 e. The summed E-state index contributed by atoms with van der Waals surface area (Å²) in [5, 5.41) is 3.80. The summed E-state index contributed by atoms with van der Waals surface area (Å²) in [7, 11) is -1.13. The van der Waals surface area contributed by atoms with Crippen LogP contribution in [0.5, 0.6) is 0 Å². The molecule has 1 heterocycles. The summed E-state index contributed by atoms with van der Waals surface area (Å²) >= 11 is 0. The first kappa shape index (κ1) is 20.0. The number of nitrogens with one attached hydrogen (secondary N) is 1. The van der Waals surface area contributed by atoms with Gasteiger partial charge in [-0.2, -0.15) is 0 Å². The van der Waals surface area contributed by atoms with Gasteiger partial charge in [0.1, 0.15) is 0 Å². The summed E-state index contributed by atoms with van der Waals surface area (Å²) < 4.78 is 12.2. The van der Waals surface area contributed by atoms with Gasteiger partial charge in [0.25, 0.3) is 5.91 Å². The van der Waals surface area contributed by atoms with Crippen LogP contribution in [0.1, 0.15) is 21.5 Å². The molecule has 0 spiro atoms. The van der Waals surface area contributed by atoms with Crippen LogP contribution in [0.15, 0.2) is 84.9 Å². The number of aromatic nitrogens is 1. The van der Waals surface area contributed by atoms with Gasteiger partial charge in [0.15, 0.2) is 0 Å². The van der Waals surface area contributed by atoms with Crippen LogP contribution < -0.4 is 5.32 Å². The van der Waals surface area contributed by atoms with Crippen LogP contribution in [0.3, 0.4) is 0 Å². The molecule has 0 fully saturated rings. The molecule has 0 aliphatic carbocycles. The zero-order valence-corrected chi connectivity index (χ0v) is 17.5. The van der Waals surface area contributed by atoms with E-state index in [0.29, 0.717) is 23.4 Å². The molecule has 0 bridgehead atoms. The Labute approximate surface area is 178 Å². The molecule has 5 heteroatoms. The lowest BCUT2D eigenvalue weighted by atomic mass is 9.97. The maximum atomic E-state index is 13.4. The first-order valence-electron chi connectivity index (χ1n) is 9.72. The smallest absolute Gasteiger partial charge is 0.252 e. The minimum Gasteiger partial charge on any atom is -0.348 e. The van der Waals surface area contributed by atoms with Crippen molar-refractivity contribution in [1.82, 2.24) is 10.3 Å². The predicted molar refractivity (Wildman–Crippen MR) is 123 cm³/mol. The Morgan fingerprint density at radius 1 is 0.900 bits per heavy atom. The van der Waals surface area contributed by atoms with Crippen molar-refractivity contribution in [3.05, 3.63) is 102 Å². The highest BCUT2D eigenvalue weighted by Crippen LogP contribution is 2.31.